The van der Waals surface area contributed by atoms with Crippen LogP contribution in [0.15, 0.2) is 12.4 Å². The fourth-order valence-corrected chi connectivity index (χ4v) is 1.56. The Morgan fingerprint density at radius 1 is 1.41 bits per heavy atom. The third-order valence-corrected chi connectivity index (χ3v) is 2.81. The maximum atomic E-state index is 13.6. The van der Waals surface area contributed by atoms with Gasteiger partial charge in [-0.15, -0.1) is 0 Å². The molecule has 2 atom stereocenters. The van der Waals surface area contributed by atoms with Crippen LogP contribution >= 0.6 is 11.6 Å². The molecule has 0 fully saturated rings. The first kappa shape index (κ1) is 18.4. The fourth-order valence-electron chi connectivity index (χ4n) is 1.46. The van der Waals surface area contributed by atoms with Gasteiger partial charge in [0.2, 0.25) is 5.28 Å². The minimum Gasteiger partial charge on any atom is -0.490 e. The average molecular weight is 334 g/mol. The van der Waals surface area contributed by atoms with Gasteiger partial charge in [0.1, 0.15) is 11.8 Å². The first-order chi connectivity index (χ1) is 10.2. The molecule has 0 spiro atoms. The normalized spacial score (nSPS) is 14.1. The van der Waals surface area contributed by atoms with E-state index in [0.29, 0.717) is 5.75 Å². The van der Waals surface area contributed by atoms with E-state index in [4.69, 9.17) is 21.1 Å². The molecular weight excluding hydrogens is 313 g/mol. The highest BCUT2D eigenvalue weighted by Gasteiger charge is 2.21. The molecule has 1 unspecified atom stereocenters. The quantitative estimate of drug-likeness (QED) is 0.810. The Kier molecular flexibility index (Phi) is 6.80. The molecule has 0 saturated heterocycles. The summed E-state index contributed by atoms with van der Waals surface area (Å²) in [4.78, 5) is 19.1. The van der Waals surface area contributed by atoms with Crippen molar-refractivity contribution in [2.75, 3.05) is 13.2 Å². The summed E-state index contributed by atoms with van der Waals surface area (Å²) in [6.45, 7) is 6.84. The van der Waals surface area contributed by atoms with Gasteiger partial charge in [-0.3, -0.25) is 0 Å². The third-order valence-electron chi connectivity index (χ3n) is 2.62. The second-order valence-corrected chi connectivity index (χ2v) is 6.16. The van der Waals surface area contributed by atoms with E-state index in [9.17, 15) is 9.18 Å². The first-order valence-electron chi connectivity index (χ1n) is 6.88. The van der Waals surface area contributed by atoms with Crippen LogP contribution < -0.4 is 10.1 Å². The van der Waals surface area contributed by atoms with Gasteiger partial charge < -0.3 is 14.8 Å². The molecular formula is C14H21ClFN3O3. The molecule has 1 rings (SSSR count). The summed E-state index contributed by atoms with van der Waals surface area (Å²) in [6.07, 6.45) is 1.05. The molecule has 1 aromatic heterocycles. The van der Waals surface area contributed by atoms with Gasteiger partial charge in [0.25, 0.3) is 0 Å². The van der Waals surface area contributed by atoms with Crippen LogP contribution in [0.2, 0.25) is 5.28 Å². The van der Waals surface area contributed by atoms with Crippen molar-refractivity contribution in [3.63, 3.8) is 0 Å². The van der Waals surface area contributed by atoms with Gasteiger partial charge >= 0.3 is 6.09 Å². The van der Waals surface area contributed by atoms with Crippen molar-refractivity contribution >= 4 is 17.7 Å². The number of aromatic nitrogens is 2. The molecule has 6 nitrogen and oxygen atoms in total. The molecule has 22 heavy (non-hydrogen) atoms. The zero-order valence-corrected chi connectivity index (χ0v) is 13.9. The maximum Gasteiger partial charge on any atom is 0.407 e. The summed E-state index contributed by atoms with van der Waals surface area (Å²) in [5.74, 6) is -0.143. The van der Waals surface area contributed by atoms with Crippen LogP contribution in [-0.2, 0) is 4.74 Å². The predicted molar refractivity (Wildman–Crippen MR) is 80.8 cm³/mol. The summed E-state index contributed by atoms with van der Waals surface area (Å²) < 4.78 is 24.1. The van der Waals surface area contributed by atoms with Crippen LogP contribution in [0.5, 0.6) is 5.75 Å². The number of nitrogens with one attached hydrogen (secondary N) is 1. The molecule has 0 aliphatic rings. The highest BCUT2D eigenvalue weighted by Crippen LogP contribution is 2.13. The summed E-state index contributed by atoms with van der Waals surface area (Å²) in [6, 6.07) is 0. The summed E-state index contributed by atoms with van der Waals surface area (Å²) in [5.41, 5.74) is -0.599. The minimum atomic E-state index is -1.16. The van der Waals surface area contributed by atoms with E-state index in [2.05, 4.69) is 15.3 Å². The zero-order chi connectivity index (χ0) is 16.8. The molecule has 1 heterocycles. The molecule has 0 aliphatic carbocycles. The van der Waals surface area contributed by atoms with Crippen LogP contribution in [0, 0.1) is 5.92 Å². The molecule has 0 aliphatic heterocycles. The Balaban J connectivity index is 2.45. The van der Waals surface area contributed by atoms with Gasteiger partial charge in [-0.25, -0.2) is 19.2 Å². The van der Waals surface area contributed by atoms with Gasteiger partial charge in [0.15, 0.2) is 5.75 Å². The lowest BCUT2D eigenvalue weighted by molar-refractivity contribution is 0.0500. The molecule has 1 N–H and O–H groups in total. The van der Waals surface area contributed by atoms with Crippen LogP contribution in [0.25, 0.3) is 0 Å². The van der Waals surface area contributed by atoms with Gasteiger partial charge in [-0.1, -0.05) is 0 Å². The number of nitrogens with zero attached hydrogens (tertiary/aromatic N) is 2. The number of hydrogen-bond acceptors (Lipinski definition) is 5. The van der Waals surface area contributed by atoms with E-state index in [-0.39, 0.29) is 18.4 Å². The predicted octanol–water partition coefficient (Wildman–Crippen LogP) is 3.01. The number of alkyl carbamates (subject to hydrolysis) is 1. The molecule has 0 bridgehead atoms. The van der Waals surface area contributed by atoms with Gasteiger partial charge in [0, 0.05) is 12.5 Å². The molecule has 0 aromatic carbocycles. The molecule has 124 valence electrons. The summed E-state index contributed by atoms with van der Waals surface area (Å²) in [7, 11) is 0. The first-order valence-corrected chi connectivity index (χ1v) is 7.26. The van der Waals surface area contributed by atoms with Crippen molar-refractivity contribution in [2.45, 2.75) is 39.5 Å². The van der Waals surface area contributed by atoms with Crippen molar-refractivity contribution in [1.29, 1.82) is 0 Å². The topological polar surface area (TPSA) is 73.3 Å². The SMILES string of the molecule is C[C@H](F)C(CNC(=O)OC(C)(C)C)COc1cnc(Cl)nc1. The lowest BCUT2D eigenvalue weighted by Crippen LogP contribution is -2.38. The smallest absolute Gasteiger partial charge is 0.407 e. The lowest BCUT2D eigenvalue weighted by Gasteiger charge is -2.22. The highest BCUT2D eigenvalue weighted by molar-refractivity contribution is 6.28. The fraction of sp³-hybridized carbons (Fsp3) is 0.643. The molecule has 1 amide bonds. The standard InChI is InChI=1S/C14H21ClFN3O3/c1-9(16)10(5-19-13(20)22-14(2,3)4)8-21-11-6-17-12(15)18-7-11/h6-7,9-10H,5,8H2,1-4H3,(H,19,20)/t9-,10?/m0/s1. The Bertz CT molecular complexity index is 477. The van der Waals surface area contributed by atoms with Gasteiger partial charge in [-0.05, 0) is 39.3 Å². The van der Waals surface area contributed by atoms with Crippen LogP contribution in [0.4, 0.5) is 9.18 Å². The number of hydrogen-bond donors (Lipinski definition) is 1. The Morgan fingerprint density at radius 3 is 2.50 bits per heavy atom. The van der Waals surface area contributed by atoms with Gasteiger partial charge in [0.05, 0.1) is 19.0 Å². The third kappa shape index (κ3) is 7.40. The number of amides is 1. The molecule has 8 heteroatoms. The van der Waals surface area contributed by atoms with Crippen molar-refractivity contribution < 1.29 is 18.7 Å². The summed E-state index contributed by atoms with van der Waals surface area (Å²) in [5, 5.41) is 2.64. The second-order valence-electron chi connectivity index (χ2n) is 5.82. The van der Waals surface area contributed by atoms with E-state index in [1.807, 2.05) is 0 Å². The Morgan fingerprint density at radius 2 is 2.00 bits per heavy atom. The number of halogens is 2. The number of alkyl halides is 1. The Labute approximate surface area is 134 Å². The minimum absolute atomic E-state index is 0.0679. The zero-order valence-electron chi connectivity index (χ0n) is 13.1. The molecule has 0 saturated carbocycles. The van der Waals surface area contributed by atoms with E-state index < -0.39 is 23.8 Å². The van der Waals surface area contributed by atoms with E-state index in [1.54, 1.807) is 20.8 Å². The average Bonchev–Trinajstić information content (AvgIpc) is 2.38. The maximum absolute atomic E-state index is 13.6. The van der Waals surface area contributed by atoms with E-state index in [1.165, 1.54) is 19.3 Å². The summed E-state index contributed by atoms with van der Waals surface area (Å²) >= 11 is 5.56. The van der Waals surface area contributed by atoms with Crippen molar-refractivity contribution in [1.82, 2.24) is 15.3 Å². The number of ether oxygens (including phenoxy) is 2. The number of carbonyl (C=O) groups is 1. The van der Waals surface area contributed by atoms with Crippen LogP contribution in [0.3, 0.4) is 0 Å². The molecule has 1 aromatic rings. The number of carbonyl (C=O) groups excluding carboxylic acids is 1. The lowest BCUT2D eigenvalue weighted by atomic mass is 10.1. The number of rotatable bonds is 6. The van der Waals surface area contributed by atoms with Gasteiger partial charge in [-0.2, -0.15) is 0 Å². The van der Waals surface area contributed by atoms with Crippen molar-refractivity contribution in [3.8, 4) is 5.75 Å². The van der Waals surface area contributed by atoms with E-state index >= 15 is 0 Å². The Hall–Kier alpha value is -1.63. The highest BCUT2D eigenvalue weighted by atomic mass is 35.5. The van der Waals surface area contributed by atoms with Crippen LogP contribution in [0.1, 0.15) is 27.7 Å². The monoisotopic (exact) mass is 333 g/mol. The van der Waals surface area contributed by atoms with Crippen molar-refractivity contribution in [3.05, 3.63) is 17.7 Å². The van der Waals surface area contributed by atoms with E-state index in [0.717, 1.165) is 0 Å². The van der Waals surface area contributed by atoms with Crippen molar-refractivity contribution in [2.24, 2.45) is 5.92 Å². The van der Waals surface area contributed by atoms with Crippen LogP contribution in [-0.4, -0.2) is 41.0 Å². The molecule has 0 radical (unpaired) electrons. The second kappa shape index (κ2) is 8.12. The largest absolute Gasteiger partial charge is 0.490 e.